The number of amidine groups is 1. The van der Waals surface area contributed by atoms with Crippen LogP contribution < -0.4 is 10.1 Å². The van der Waals surface area contributed by atoms with Gasteiger partial charge in [-0.05, 0) is 42.8 Å². The molecule has 3 rings (SSSR count). The number of carbonyl (C=O) groups is 2. The predicted molar refractivity (Wildman–Crippen MR) is 137 cm³/mol. The Morgan fingerprint density at radius 3 is 2.49 bits per heavy atom. The fraction of sp³-hybridized carbons (Fsp3) is 0.400. The number of halogens is 3. The van der Waals surface area contributed by atoms with Crippen molar-refractivity contribution in [3.8, 4) is 5.75 Å². The van der Waals surface area contributed by atoms with Crippen LogP contribution in [0, 0.1) is 0 Å². The van der Waals surface area contributed by atoms with Crippen molar-refractivity contribution in [1.82, 2.24) is 4.90 Å². The van der Waals surface area contributed by atoms with Gasteiger partial charge >= 0.3 is 5.57 Å². The second-order valence-corrected chi connectivity index (χ2v) is 9.67. The smallest absolute Gasteiger partial charge is 0.420 e. The molecule has 1 aliphatic heterocycles. The lowest BCUT2D eigenvalue weighted by Gasteiger charge is -2.32. The van der Waals surface area contributed by atoms with Crippen molar-refractivity contribution >= 4 is 51.7 Å². The summed E-state index contributed by atoms with van der Waals surface area (Å²) in [6, 6.07) is 14.7. The molecule has 6 nitrogen and oxygen atoms in total. The van der Waals surface area contributed by atoms with E-state index in [0.717, 1.165) is 32.1 Å². The van der Waals surface area contributed by atoms with Crippen LogP contribution in [0.4, 0.5) is 20.2 Å². The maximum absolute atomic E-state index is 13.0. The first-order valence-electron chi connectivity index (χ1n) is 11.5. The number of para-hydroxylation sites is 1. The SMILES string of the molecule is CCCCCCCN1C(=O)CC(C(=O)Nc2ccc(OC(F)(F)Cl)cc2)SC1=Nc1ccccc1. The Hall–Kier alpha value is -2.65. The van der Waals surface area contributed by atoms with E-state index in [1.807, 2.05) is 30.3 Å². The summed E-state index contributed by atoms with van der Waals surface area (Å²) in [4.78, 5) is 32.3. The molecule has 0 bridgehead atoms. The molecule has 0 saturated carbocycles. The van der Waals surface area contributed by atoms with Gasteiger partial charge in [-0.25, -0.2) is 4.99 Å². The minimum atomic E-state index is -3.82. The quantitative estimate of drug-likeness (QED) is 0.260. The monoisotopic (exact) mass is 523 g/mol. The van der Waals surface area contributed by atoms with Gasteiger partial charge in [-0.15, -0.1) is 8.78 Å². The lowest BCUT2D eigenvalue weighted by molar-refractivity contribution is -0.129. The van der Waals surface area contributed by atoms with Crippen molar-refractivity contribution in [2.24, 2.45) is 4.99 Å². The molecule has 0 spiro atoms. The third-order valence-corrected chi connectivity index (χ3v) is 6.52. The number of nitrogens with zero attached hydrogens (tertiary/aromatic N) is 2. The van der Waals surface area contributed by atoms with Gasteiger partial charge in [0, 0.05) is 30.3 Å². The number of unbranched alkanes of at least 4 members (excludes halogenated alkanes) is 4. The number of aliphatic imine (C=N–C) groups is 1. The zero-order chi connectivity index (χ0) is 25.3. The first-order chi connectivity index (χ1) is 16.7. The Morgan fingerprint density at radius 1 is 1.14 bits per heavy atom. The Morgan fingerprint density at radius 2 is 1.83 bits per heavy atom. The van der Waals surface area contributed by atoms with Crippen LogP contribution in [0.5, 0.6) is 5.75 Å². The Kier molecular flexibility index (Phi) is 9.92. The predicted octanol–water partition coefficient (Wildman–Crippen LogP) is 6.79. The van der Waals surface area contributed by atoms with Gasteiger partial charge in [0.25, 0.3) is 0 Å². The van der Waals surface area contributed by atoms with E-state index in [2.05, 4.69) is 22.0 Å². The van der Waals surface area contributed by atoms with Crippen LogP contribution in [-0.4, -0.2) is 39.2 Å². The second-order valence-electron chi connectivity index (χ2n) is 8.06. The van der Waals surface area contributed by atoms with Crippen molar-refractivity contribution in [1.29, 1.82) is 0 Å². The molecule has 1 saturated heterocycles. The normalized spacial score (nSPS) is 17.5. The van der Waals surface area contributed by atoms with Crippen LogP contribution in [0.15, 0.2) is 59.6 Å². The lowest BCUT2D eigenvalue weighted by atomic mass is 10.1. The number of thioether (sulfide) groups is 1. The Balaban J connectivity index is 1.69. The zero-order valence-corrected chi connectivity index (χ0v) is 21.0. The number of hydrogen-bond acceptors (Lipinski definition) is 5. The van der Waals surface area contributed by atoms with E-state index in [0.29, 0.717) is 23.1 Å². The summed E-state index contributed by atoms with van der Waals surface area (Å²) in [5.74, 6) is -0.665. The van der Waals surface area contributed by atoms with E-state index in [1.165, 1.54) is 36.0 Å². The highest BCUT2D eigenvalue weighted by Gasteiger charge is 2.35. The number of amides is 2. The summed E-state index contributed by atoms with van der Waals surface area (Å²) in [7, 11) is 0. The number of benzene rings is 2. The second kappa shape index (κ2) is 12.9. The van der Waals surface area contributed by atoms with Crippen molar-refractivity contribution < 1.29 is 23.1 Å². The molecule has 1 fully saturated rings. The number of anilines is 1. The maximum atomic E-state index is 13.0. The van der Waals surface area contributed by atoms with Gasteiger partial charge in [-0.3, -0.25) is 14.5 Å². The van der Waals surface area contributed by atoms with Gasteiger partial charge in [-0.2, -0.15) is 0 Å². The standard InChI is InChI=1S/C25H28ClF2N3O3S/c1-2-3-4-5-9-16-31-22(32)17-21(35-24(31)30-18-10-7-6-8-11-18)23(33)29-19-12-14-20(15-13-19)34-25(26,27)28/h6-8,10-15,21H,2-5,9,16-17H2,1H3,(H,29,33). The molecule has 2 aromatic rings. The average molecular weight is 524 g/mol. The zero-order valence-electron chi connectivity index (χ0n) is 19.4. The average Bonchev–Trinajstić information content (AvgIpc) is 2.81. The largest absolute Gasteiger partial charge is 0.487 e. The van der Waals surface area contributed by atoms with Crippen LogP contribution in [0.1, 0.15) is 45.4 Å². The molecule has 10 heteroatoms. The highest BCUT2D eigenvalue weighted by atomic mass is 35.5. The van der Waals surface area contributed by atoms with Gasteiger partial charge < -0.3 is 10.1 Å². The molecule has 1 unspecified atom stereocenters. The number of alkyl halides is 3. The number of hydrogen-bond donors (Lipinski definition) is 1. The molecule has 0 aliphatic carbocycles. The fourth-order valence-electron chi connectivity index (χ4n) is 3.51. The molecule has 1 aliphatic rings. The van der Waals surface area contributed by atoms with E-state index in [4.69, 9.17) is 11.6 Å². The summed E-state index contributed by atoms with van der Waals surface area (Å²) in [6.45, 7) is 2.71. The van der Waals surface area contributed by atoms with Crippen molar-refractivity contribution in [3.63, 3.8) is 0 Å². The minimum absolute atomic E-state index is 0.0406. The number of ether oxygens (including phenoxy) is 1. The van der Waals surface area contributed by atoms with E-state index >= 15 is 0 Å². The Labute approximate surface area is 213 Å². The van der Waals surface area contributed by atoms with Crippen molar-refractivity contribution in [2.45, 2.75) is 56.3 Å². The first kappa shape index (κ1) is 26.9. The van der Waals surface area contributed by atoms with Crippen LogP contribution in [0.3, 0.4) is 0 Å². The summed E-state index contributed by atoms with van der Waals surface area (Å²) in [5.41, 5.74) is -2.74. The van der Waals surface area contributed by atoms with Gasteiger partial charge in [0.05, 0.1) is 5.69 Å². The van der Waals surface area contributed by atoms with E-state index in [9.17, 15) is 18.4 Å². The summed E-state index contributed by atoms with van der Waals surface area (Å²) in [5, 5.41) is 2.55. The maximum Gasteiger partial charge on any atom is 0.487 e. The summed E-state index contributed by atoms with van der Waals surface area (Å²) >= 11 is 6.02. The molecule has 0 radical (unpaired) electrons. The molecule has 188 valence electrons. The molecule has 2 aromatic carbocycles. The molecule has 1 atom stereocenters. The number of carbonyl (C=O) groups excluding carboxylic acids is 2. The Bertz CT molecular complexity index is 1020. The molecule has 1 N–H and O–H groups in total. The van der Waals surface area contributed by atoms with Gasteiger partial charge in [0.2, 0.25) is 11.8 Å². The van der Waals surface area contributed by atoms with Crippen LogP contribution in [0.25, 0.3) is 0 Å². The molecule has 35 heavy (non-hydrogen) atoms. The number of rotatable bonds is 11. The lowest BCUT2D eigenvalue weighted by Crippen LogP contribution is -2.45. The third-order valence-electron chi connectivity index (χ3n) is 5.25. The van der Waals surface area contributed by atoms with Gasteiger partial charge in [0.1, 0.15) is 11.0 Å². The fourth-order valence-corrected chi connectivity index (χ4v) is 4.72. The van der Waals surface area contributed by atoms with E-state index in [1.54, 1.807) is 4.90 Å². The highest BCUT2D eigenvalue weighted by Crippen LogP contribution is 2.31. The van der Waals surface area contributed by atoms with Gasteiger partial charge in [0.15, 0.2) is 5.17 Å². The first-order valence-corrected chi connectivity index (χ1v) is 12.8. The minimum Gasteiger partial charge on any atom is -0.420 e. The van der Waals surface area contributed by atoms with Crippen molar-refractivity contribution in [3.05, 3.63) is 54.6 Å². The molecular weight excluding hydrogens is 496 g/mol. The van der Waals surface area contributed by atoms with Crippen LogP contribution >= 0.6 is 23.4 Å². The molecule has 0 aromatic heterocycles. The molecule has 1 heterocycles. The van der Waals surface area contributed by atoms with E-state index < -0.39 is 10.8 Å². The molecule has 2 amide bonds. The summed E-state index contributed by atoms with van der Waals surface area (Å²) in [6.07, 6.45) is 5.36. The molecular formula is C25H28ClF2N3O3S. The number of nitrogens with one attached hydrogen (secondary N) is 1. The summed E-state index contributed by atoms with van der Waals surface area (Å²) < 4.78 is 29.8. The topological polar surface area (TPSA) is 71.0 Å². The van der Waals surface area contributed by atoms with Crippen LogP contribution in [-0.2, 0) is 9.59 Å². The van der Waals surface area contributed by atoms with Crippen molar-refractivity contribution in [2.75, 3.05) is 11.9 Å². The van der Waals surface area contributed by atoms with Gasteiger partial charge in [-0.1, -0.05) is 62.6 Å². The van der Waals surface area contributed by atoms with Crippen LogP contribution in [0.2, 0.25) is 0 Å². The van der Waals surface area contributed by atoms with E-state index in [-0.39, 0.29) is 24.0 Å². The third kappa shape index (κ3) is 8.81. The highest BCUT2D eigenvalue weighted by molar-refractivity contribution is 8.15.